The van der Waals surface area contributed by atoms with Gasteiger partial charge in [0.15, 0.2) is 0 Å². The minimum absolute atomic E-state index is 0.298. The van der Waals surface area contributed by atoms with Crippen LogP contribution < -0.4 is 5.73 Å². The molecule has 4 heteroatoms. The number of rotatable bonds is 0. The summed E-state index contributed by atoms with van der Waals surface area (Å²) in [7, 11) is 0. The lowest BCUT2D eigenvalue weighted by atomic mass is 10.2. The minimum atomic E-state index is -4.44. The van der Waals surface area contributed by atoms with Crippen molar-refractivity contribution >= 4 is 5.69 Å². The molecule has 0 unspecified atom stereocenters. The van der Waals surface area contributed by atoms with E-state index in [0.717, 1.165) is 0 Å². The molecule has 0 atom stereocenters. The van der Waals surface area contributed by atoms with Gasteiger partial charge in [0.2, 0.25) is 0 Å². The van der Waals surface area contributed by atoms with Crippen LogP contribution in [0.15, 0.2) is 24.3 Å². The van der Waals surface area contributed by atoms with Crippen LogP contribution in [0.4, 0.5) is 18.9 Å². The summed E-state index contributed by atoms with van der Waals surface area (Å²) in [4.78, 5) is 0. The average Bonchev–Trinajstić information content (AvgIpc) is 2.02. The van der Waals surface area contributed by atoms with Crippen molar-refractivity contribution in [2.45, 2.75) is 6.18 Å². The van der Waals surface area contributed by atoms with Crippen LogP contribution in [0.2, 0.25) is 0 Å². The fraction of sp³-hybridized carbons (Fsp3) is 0.111. The Bertz CT molecular complexity index is 340. The Morgan fingerprint density at radius 3 is 2.08 bits per heavy atom. The van der Waals surface area contributed by atoms with E-state index in [0.29, 0.717) is 11.3 Å². The van der Waals surface area contributed by atoms with Gasteiger partial charge in [-0.25, -0.2) is 0 Å². The first-order chi connectivity index (χ1) is 5.97. The van der Waals surface area contributed by atoms with E-state index in [-0.39, 0.29) is 0 Å². The standard InChI is InChI=1S/C9H6F3N/c10-9(11,12)6-5-7-1-3-8(13)4-2-7/h1-4H,13H2. The third-order valence-electron chi connectivity index (χ3n) is 1.26. The van der Waals surface area contributed by atoms with Crippen molar-refractivity contribution in [3.63, 3.8) is 0 Å². The number of halogens is 3. The molecule has 0 aliphatic rings. The van der Waals surface area contributed by atoms with E-state index in [9.17, 15) is 13.2 Å². The number of hydrogen-bond acceptors (Lipinski definition) is 1. The Morgan fingerprint density at radius 2 is 1.62 bits per heavy atom. The third kappa shape index (κ3) is 3.52. The summed E-state index contributed by atoms with van der Waals surface area (Å²) in [5, 5.41) is 0. The summed E-state index contributed by atoms with van der Waals surface area (Å²) in [6.45, 7) is 0. The lowest BCUT2D eigenvalue weighted by Gasteiger charge is -1.94. The molecular weight excluding hydrogens is 179 g/mol. The van der Waals surface area contributed by atoms with Crippen molar-refractivity contribution < 1.29 is 13.2 Å². The maximum atomic E-state index is 11.6. The van der Waals surface area contributed by atoms with Gasteiger partial charge in [0.25, 0.3) is 0 Å². The molecule has 13 heavy (non-hydrogen) atoms. The number of nitrogens with two attached hydrogens (primary N) is 1. The van der Waals surface area contributed by atoms with E-state index in [4.69, 9.17) is 5.73 Å². The highest BCUT2D eigenvalue weighted by atomic mass is 19.4. The van der Waals surface area contributed by atoms with Crippen molar-refractivity contribution in [3.05, 3.63) is 29.8 Å². The second kappa shape index (κ2) is 3.40. The van der Waals surface area contributed by atoms with E-state index in [1.807, 2.05) is 5.92 Å². The van der Waals surface area contributed by atoms with Crippen LogP contribution in [0.25, 0.3) is 0 Å². The highest BCUT2D eigenvalue weighted by Crippen LogP contribution is 2.12. The zero-order valence-corrected chi connectivity index (χ0v) is 6.52. The Kier molecular flexibility index (Phi) is 2.47. The molecule has 0 amide bonds. The van der Waals surface area contributed by atoms with Crippen molar-refractivity contribution in [2.75, 3.05) is 5.73 Å². The molecule has 0 aliphatic heterocycles. The van der Waals surface area contributed by atoms with Crippen molar-refractivity contribution in [1.29, 1.82) is 0 Å². The SMILES string of the molecule is Nc1ccc(C#CC(F)(F)F)cc1. The molecule has 0 spiro atoms. The van der Waals surface area contributed by atoms with E-state index in [1.165, 1.54) is 30.2 Å². The van der Waals surface area contributed by atoms with E-state index < -0.39 is 6.18 Å². The maximum Gasteiger partial charge on any atom is 0.458 e. The number of nitrogen functional groups attached to an aromatic ring is 1. The molecule has 0 aliphatic carbocycles. The van der Waals surface area contributed by atoms with E-state index >= 15 is 0 Å². The molecule has 2 N–H and O–H groups in total. The summed E-state index contributed by atoms with van der Waals surface area (Å²) in [5.41, 5.74) is 6.13. The van der Waals surface area contributed by atoms with Crippen molar-refractivity contribution in [2.24, 2.45) is 0 Å². The fourth-order valence-electron chi connectivity index (χ4n) is 0.709. The quantitative estimate of drug-likeness (QED) is 0.486. The van der Waals surface area contributed by atoms with Crippen LogP contribution >= 0.6 is 0 Å². The predicted octanol–water partition coefficient (Wildman–Crippen LogP) is 2.18. The lowest BCUT2D eigenvalue weighted by molar-refractivity contribution is -0.0696. The minimum Gasteiger partial charge on any atom is -0.399 e. The average molecular weight is 185 g/mol. The Morgan fingerprint density at radius 1 is 1.08 bits per heavy atom. The van der Waals surface area contributed by atoms with Crippen LogP contribution in [0.1, 0.15) is 5.56 Å². The summed E-state index contributed by atoms with van der Waals surface area (Å²) in [6.07, 6.45) is -4.44. The van der Waals surface area contributed by atoms with Crippen LogP contribution in [0, 0.1) is 11.8 Å². The molecule has 0 bridgehead atoms. The smallest absolute Gasteiger partial charge is 0.399 e. The van der Waals surface area contributed by atoms with E-state index in [1.54, 1.807) is 0 Å². The zero-order chi connectivity index (χ0) is 9.90. The largest absolute Gasteiger partial charge is 0.458 e. The molecule has 0 heterocycles. The fourth-order valence-corrected chi connectivity index (χ4v) is 0.709. The van der Waals surface area contributed by atoms with Gasteiger partial charge in [0, 0.05) is 17.2 Å². The second-order valence-corrected chi connectivity index (χ2v) is 2.37. The highest BCUT2D eigenvalue weighted by molar-refractivity contribution is 5.45. The molecule has 0 saturated heterocycles. The summed E-state index contributed by atoms with van der Waals surface area (Å²) >= 11 is 0. The monoisotopic (exact) mass is 185 g/mol. The topological polar surface area (TPSA) is 26.0 Å². The van der Waals surface area contributed by atoms with Gasteiger partial charge >= 0.3 is 6.18 Å². The van der Waals surface area contributed by atoms with Gasteiger partial charge in [0.1, 0.15) is 0 Å². The summed E-state index contributed by atoms with van der Waals surface area (Å²) in [6, 6.07) is 5.88. The Hall–Kier alpha value is -1.63. The zero-order valence-electron chi connectivity index (χ0n) is 6.52. The van der Waals surface area contributed by atoms with Crippen molar-refractivity contribution in [3.8, 4) is 11.8 Å². The number of anilines is 1. The van der Waals surface area contributed by atoms with Gasteiger partial charge < -0.3 is 5.73 Å². The molecule has 1 nitrogen and oxygen atoms in total. The Balaban J connectivity index is 2.85. The normalized spacial score (nSPS) is 10.4. The van der Waals surface area contributed by atoms with Gasteiger partial charge in [-0.15, -0.1) is 0 Å². The van der Waals surface area contributed by atoms with Gasteiger partial charge in [0.05, 0.1) is 0 Å². The lowest BCUT2D eigenvalue weighted by Crippen LogP contribution is -2.01. The van der Waals surface area contributed by atoms with Gasteiger partial charge in [-0.2, -0.15) is 13.2 Å². The molecule has 1 aromatic rings. The first-order valence-electron chi connectivity index (χ1n) is 3.43. The van der Waals surface area contributed by atoms with Gasteiger partial charge in [-0.1, -0.05) is 5.92 Å². The van der Waals surface area contributed by atoms with Crippen LogP contribution in [0.3, 0.4) is 0 Å². The first-order valence-corrected chi connectivity index (χ1v) is 3.43. The highest BCUT2D eigenvalue weighted by Gasteiger charge is 2.22. The van der Waals surface area contributed by atoms with E-state index in [2.05, 4.69) is 0 Å². The molecule has 68 valence electrons. The Labute approximate surface area is 73.4 Å². The number of hydrogen-bond donors (Lipinski definition) is 1. The van der Waals surface area contributed by atoms with Crippen LogP contribution in [0.5, 0.6) is 0 Å². The molecular formula is C9H6F3N. The predicted molar refractivity (Wildman–Crippen MR) is 43.8 cm³/mol. The second-order valence-electron chi connectivity index (χ2n) is 2.37. The molecule has 0 saturated carbocycles. The number of benzene rings is 1. The van der Waals surface area contributed by atoms with Crippen LogP contribution in [-0.4, -0.2) is 6.18 Å². The molecule has 0 fully saturated rings. The molecule has 1 aromatic carbocycles. The summed E-state index contributed by atoms with van der Waals surface area (Å²) in [5.74, 6) is 3.15. The molecule has 1 rings (SSSR count). The maximum absolute atomic E-state index is 11.6. The first kappa shape index (κ1) is 9.46. The number of alkyl halides is 3. The third-order valence-corrected chi connectivity index (χ3v) is 1.26. The van der Waals surface area contributed by atoms with Crippen LogP contribution in [-0.2, 0) is 0 Å². The van der Waals surface area contributed by atoms with Gasteiger partial charge in [-0.3, -0.25) is 0 Å². The van der Waals surface area contributed by atoms with Crippen molar-refractivity contribution in [1.82, 2.24) is 0 Å². The molecule has 0 aromatic heterocycles. The van der Waals surface area contributed by atoms with Gasteiger partial charge in [-0.05, 0) is 24.3 Å². The molecule has 0 radical (unpaired) electrons. The summed E-state index contributed by atoms with van der Waals surface area (Å²) < 4.78 is 34.9.